The summed E-state index contributed by atoms with van der Waals surface area (Å²) < 4.78 is 17.0. The van der Waals surface area contributed by atoms with E-state index in [1.807, 2.05) is 13.8 Å². The molecule has 1 aliphatic heterocycles. The number of nitrogens with two attached hydrogens (primary N) is 1. The number of ketones is 1. The van der Waals surface area contributed by atoms with Crippen molar-refractivity contribution in [3.8, 4) is 5.75 Å². The lowest BCUT2D eigenvalue weighted by Gasteiger charge is -2.38. The Kier molecular flexibility index (Phi) is 7.09. The summed E-state index contributed by atoms with van der Waals surface area (Å²) >= 11 is 18.5. The number of esters is 1. The molecule has 0 saturated carbocycles. The molecule has 1 heterocycles. The number of carbonyl (C=O) groups excluding carboxylic acids is 2. The van der Waals surface area contributed by atoms with Crippen molar-refractivity contribution in [2.75, 3.05) is 7.11 Å². The SMILES string of the molecule is COC(=O)C1=C(N)OC2=C(C(=O)CC(C)(C)C2)C1c1cc(Cl)ccc1OCc1ccc(Cl)c(Cl)c1. The molecule has 1 unspecified atom stereocenters. The predicted molar refractivity (Wildman–Crippen MR) is 134 cm³/mol. The fourth-order valence-electron chi connectivity index (χ4n) is 4.47. The van der Waals surface area contributed by atoms with Gasteiger partial charge in [-0.25, -0.2) is 4.79 Å². The molecule has 0 aromatic heterocycles. The van der Waals surface area contributed by atoms with Crippen LogP contribution in [0.25, 0.3) is 0 Å². The van der Waals surface area contributed by atoms with E-state index >= 15 is 0 Å². The Hall–Kier alpha value is -2.67. The van der Waals surface area contributed by atoms with Gasteiger partial charge in [0.2, 0.25) is 5.88 Å². The van der Waals surface area contributed by atoms with E-state index in [-0.39, 0.29) is 29.3 Å². The molecule has 4 rings (SSSR count). The summed E-state index contributed by atoms with van der Waals surface area (Å²) in [6, 6.07) is 10.2. The van der Waals surface area contributed by atoms with E-state index in [0.29, 0.717) is 50.6 Å². The van der Waals surface area contributed by atoms with Crippen molar-refractivity contribution in [1.29, 1.82) is 0 Å². The van der Waals surface area contributed by atoms with Gasteiger partial charge in [-0.1, -0.05) is 54.7 Å². The van der Waals surface area contributed by atoms with Crippen LogP contribution >= 0.6 is 34.8 Å². The first kappa shape index (κ1) is 25.4. The van der Waals surface area contributed by atoms with Crippen molar-refractivity contribution in [1.82, 2.24) is 0 Å². The van der Waals surface area contributed by atoms with Gasteiger partial charge in [0.15, 0.2) is 5.78 Å². The van der Waals surface area contributed by atoms with Gasteiger partial charge < -0.3 is 19.9 Å². The molecule has 35 heavy (non-hydrogen) atoms. The van der Waals surface area contributed by atoms with Gasteiger partial charge >= 0.3 is 5.97 Å². The average Bonchev–Trinajstić information content (AvgIpc) is 2.78. The van der Waals surface area contributed by atoms with Crippen LogP contribution in [0.4, 0.5) is 0 Å². The first-order chi connectivity index (χ1) is 16.5. The molecule has 6 nitrogen and oxygen atoms in total. The molecule has 2 aromatic carbocycles. The Morgan fingerprint density at radius 1 is 1.11 bits per heavy atom. The van der Waals surface area contributed by atoms with Crippen LogP contribution < -0.4 is 10.5 Å². The van der Waals surface area contributed by atoms with Crippen molar-refractivity contribution < 1.29 is 23.8 Å². The zero-order valence-electron chi connectivity index (χ0n) is 19.4. The third-order valence-electron chi connectivity index (χ3n) is 6.02. The summed E-state index contributed by atoms with van der Waals surface area (Å²) in [6.07, 6.45) is 0.778. The maximum absolute atomic E-state index is 13.4. The quantitative estimate of drug-likeness (QED) is 0.450. The molecule has 2 aromatic rings. The van der Waals surface area contributed by atoms with E-state index in [0.717, 1.165) is 5.56 Å². The molecule has 0 radical (unpaired) electrons. The Balaban J connectivity index is 1.82. The number of Topliss-reactive ketones (excluding diaryl/α,β-unsaturated/α-hetero) is 1. The Morgan fingerprint density at radius 2 is 1.86 bits per heavy atom. The molecule has 0 spiro atoms. The van der Waals surface area contributed by atoms with Gasteiger partial charge in [0.05, 0.1) is 23.1 Å². The number of hydrogen-bond donors (Lipinski definition) is 1. The lowest BCUT2D eigenvalue weighted by molar-refractivity contribution is -0.136. The highest BCUT2D eigenvalue weighted by molar-refractivity contribution is 6.42. The molecular formula is C26H24Cl3NO5. The van der Waals surface area contributed by atoms with E-state index in [1.54, 1.807) is 36.4 Å². The van der Waals surface area contributed by atoms with Crippen LogP contribution in [0.1, 0.15) is 43.7 Å². The van der Waals surface area contributed by atoms with E-state index in [1.165, 1.54) is 7.11 Å². The first-order valence-corrected chi connectivity index (χ1v) is 12.0. The van der Waals surface area contributed by atoms with Gasteiger partial charge in [-0.2, -0.15) is 0 Å². The van der Waals surface area contributed by atoms with Gasteiger partial charge in [0.25, 0.3) is 0 Å². The van der Waals surface area contributed by atoms with E-state index < -0.39 is 11.9 Å². The fourth-order valence-corrected chi connectivity index (χ4v) is 4.97. The van der Waals surface area contributed by atoms with Crippen LogP contribution in [0.2, 0.25) is 15.1 Å². The summed E-state index contributed by atoms with van der Waals surface area (Å²) in [4.78, 5) is 26.2. The lowest BCUT2D eigenvalue weighted by Crippen LogP contribution is -2.35. The van der Waals surface area contributed by atoms with Crippen molar-refractivity contribution in [2.24, 2.45) is 11.1 Å². The third kappa shape index (κ3) is 5.15. The standard InChI is InChI=1S/C26H24Cl3NO5/c1-26(2)10-18(31)22-20(11-26)35-24(30)23(25(32)33-3)21(22)15-9-14(27)5-7-19(15)34-12-13-4-6-16(28)17(29)8-13/h4-9,21H,10-12,30H2,1-3H3. The van der Waals surface area contributed by atoms with E-state index in [2.05, 4.69) is 0 Å². The monoisotopic (exact) mass is 535 g/mol. The van der Waals surface area contributed by atoms with Crippen LogP contribution in [-0.2, 0) is 25.7 Å². The molecule has 1 atom stereocenters. The zero-order valence-corrected chi connectivity index (χ0v) is 21.7. The minimum atomic E-state index is -0.864. The van der Waals surface area contributed by atoms with Crippen LogP contribution in [-0.4, -0.2) is 18.9 Å². The summed E-state index contributed by atoms with van der Waals surface area (Å²) in [6.45, 7) is 4.12. The molecule has 1 aliphatic carbocycles. The minimum Gasteiger partial charge on any atom is -0.489 e. The number of allylic oxidation sites excluding steroid dienone is 2. The topological polar surface area (TPSA) is 87.9 Å². The third-order valence-corrected chi connectivity index (χ3v) is 7.00. The number of rotatable bonds is 5. The maximum Gasteiger partial charge on any atom is 0.340 e. The van der Waals surface area contributed by atoms with Gasteiger partial charge in [-0.15, -0.1) is 0 Å². The molecular weight excluding hydrogens is 513 g/mol. The molecule has 0 amide bonds. The van der Waals surface area contributed by atoms with Crippen molar-refractivity contribution >= 4 is 46.6 Å². The number of carbonyl (C=O) groups is 2. The molecule has 2 aliphatic rings. The Bertz CT molecular complexity index is 1280. The highest BCUT2D eigenvalue weighted by atomic mass is 35.5. The zero-order chi connectivity index (χ0) is 25.5. The Labute approximate surface area is 218 Å². The lowest BCUT2D eigenvalue weighted by atomic mass is 9.70. The van der Waals surface area contributed by atoms with Gasteiger partial charge in [0.1, 0.15) is 23.7 Å². The summed E-state index contributed by atoms with van der Waals surface area (Å²) in [5.41, 5.74) is 7.58. The van der Waals surface area contributed by atoms with Gasteiger partial charge in [-0.05, 0) is 41.3 Å². The number of benzene rings is 2. The second-order valence-electron chi connectivity index (χ2n) is 9.30. The second-order valence-corrected chi connectivity index (χ2v) is 10.6. The molecule has 184 valence electrons. The summed E-state index contributed by atoms with van der Waals surface area (Å²) in [5.74, 6) is -0.945. The maximum atomic E-state index is 13.4. The summed E-state index contributed by atoms with van der Waals surface area (Å²) in [7, 11) is 1.25. The number of ether oxygens (including phenoxy) is 3. The van der Waals surface area contributed by atoms with E-state index in [9.17, 15) is 9.59 Å². The number of halogens is 3. The van der Waals surface area contributed by atoms with Crippen LogP contribution in [0, 0.1) is 5.41 Å². The highest BCUT2D eigenvalue weighted by Gasteiger charge is 2.45. The fraction of sp³-hybridized carbons (Fsp3) is 0.308. The Morgan fingerprint density at radius 3 is 2.54 bits per heavy atom. The number of methoxy groups -OCH3 is 1. The van der Waals surface area contributed by atoms with Crippen molar-refractivity contribution in [3.05, 3.63) is 85.4 Å². The smallest absolute Gasteiger partial charge is 0.340 e. The van der Waals surface area contributed by atoms with Crippen LogP contribution in [0.3, 0.4) is 0 Å². The minimum absolute atomic E-state index is 0.0287. The second kappa shape index (κ2) is 9.76. The number of hydrogen-bond acceptors (Lipinski definition) is 6. The largest absolute Gasteiger partial charge is 0.489 e. The molecule has 0 fully saturated rings. The van der Waals surface area contributed by atoms with Crippen LogP contribution in [0.5, 0.6) is 5.75 Å². The first-order valence-electron chi connectivity index (χ1n) is 10.9. The highest BCUT2D eigenvalue weighted by Crippen LogP contribution is 2.50. The van der Waals surface area contributed by atoms with Crippen molar-refractivity contribution in [2.45, 2.75) is 39.2 Å². The van der Waals surface area contributed by atoms with Gasteiger partial charge in [0, 0.05) is 29.0 Å². The molecule has 9 heteroatoms. The van der Waals surface area contributed by atoms with Crippen LogP contribution in [0.15, 0.2) is 59.2 Å². The van der Waals surface area contributed by atoms with E-state index in [4.69, 9.17) is 54.7 Å². The van der Waals surface area contributed by atoms with Gasteiger partial charge in [-0.3, -0.25) is 4.79 Å². The van der Waals surface area contributed by atoms with Crippen molar-refractivity contribution in [3.63, 3.8) is 0 Å². The molecule has 0 bridgehead atoms. The predicted octanol–water partition coefficient (Wildman–Crippen LogP) is 6.33. The molecule has 0 saturated heterocycles. The normalized spacial score (nSPS) is 19.3. The molecule has 2 N–H and O–H groups in total. The average molecular weight is 537 g/mol. The summed E-state index contributed by atoms with van der Waals surface area (Å²) in [5, 5.41) is 1.25.